The van der Waals surface area contributed by atoms with E-state index in [1.807, 2.05) is 81.4 Å². The number of likely N-dealkylation sites (N-methyl/N-ethyl adjacent to an activating group) is 1. The summed E-state index contributed by atoms with van der Waals surface area (Å²) in [5.74, 6) is 0.370. The van der Waals surface area contributed by atoms with Crippen LogP contribution in [0.25, 0.3) is 0 Å². The van der Waals surface area contributed by atoms with Crippen LogP contribution in [-0.2, 0) is 0 Å². The average Bonchev–Trinajstić information content (AvgIpc) is 3.32. The van der Waals surface area contributed by atoms with Crippen LogP contribution in [0.1, 0.15) is 35.8 Å². The lowest BCUT2D eigenvalue weighted by Gasteiger charge is -2.36. The van der Waals surface area contributed by atoms with E-state index in [-0.39, 0.29) is 18.0 Å². The molecule has 0 aromatic heterocycles. The first-order chi connectivity index (χ1) is 15.8. The molecule has 2 aliphatic heterocycles. The topological polar surface area (TPSA) is 77.0 Å². The summed E-state index contributed by atoms with van der Waals surface area (Å²) in [6, 6.07) is 18.8. The Labute approximate surface area is 195 Å². The maximum atomic E-state index is 13.5. The van der Waals surface area contributed by atoms with Crippen molar-refractivity contribution < 1.29 is 9.59 Å². The maximum Gasteiger partial charge on any atom is 0.318 e. The van der Waals surface area contributed by atoms with E-state index in [4.69, 9.17) is 0 Å². The van der Waals surface area contributed by atoms with Gasteiger partial charge in [-0.3, -0.25) is 9.79 Å². The molecule has 4 rings (SSSR count). The first-order valence-electron chi connectivity index (χ1n) is 11.2. The Morgan fingerprint density at radius 3 is 2.33 bits per heavy atom. The van der Waals surface area contributed by atoms with Crippen LogP contribution in [-0.4, -0.2) is 66.8 Å². The highest BCUT2D eigenvalue weighted by Crippen LogP contribution is 2.38. The van der Waals surface area contributed by atoms with Gasteiger partial charge in [0, 0.05) is 17.7 Å². The number of hydrogen-bond donors (Lipinski definition) is 2. The van der Waals surface area contributed by atoms with Gasteiger partial charge in [0.15, 0.2) is 0 Å². The van der Waals surface area contributed by atoms with Crippen LogP contribution >= 0.6 is 0 Å². The van der Waals surface area contributed by atoms with Crippen molar-refractivity contribution in [2.24, 2.45) is 4.99 Å². The van der Waals surface area contributed by atoms with Crippen molar-refractivity contribution in [1.82, 2.24) is 20.4 Å². The number of carbonyl (C=O) groups excluding carboxylic acids is 2. The number of nitrogens with zero attached hydrogens (tertiary/aromatic N) is 3. The Hall–Kier alpha value is -3.45. The van der Waals surface area contributed by atoms with E-state index in [2.05, 4.69) is 20.5 Å². The fourth-order valence-electron chi connectivity index (χ4n) is 4.47. The lowest BCUT2D eigenvalue weighted by Crippen LogP contribution is -2.52. The third-order valence-corrected chi connectivity index (χ3v) is 6.34. The van der Waals surface area contributed by atoms with E-state index < -0.39 is 5.54 Å². The van der Waals surface area contributed by atoms with Crippen LogP contribution in [0.5, 0.6) is 0 Å². The number of amides is 3. The maximum absolute atomic E-state index is 13.5. The predicted molar refractivity (Wildman–Crippen MR) is 130 cm³/mol. The highest BCUT2D eigenvalue weighted by Gasteiger charge is 2.45. The normalized spacial score (nSPS) is 17.6. The molecule has 33 heavy (non-hydrogen) atoms. The van der Waals surface area contributed by atoms with Crippen molar-refractivity contribution in [2.75, 3.05) is 33.7 Å². The van der Waals surface area contributed by atoms with E-state index in [0.717, 1.165) is 16.7 Å². The van der Waals surface area contributed by atoms with Crippen molar-refractivity contribution in [2.45, 2.75) is 25.4 Å². The van der Waals surface area contributed by atoms with Gasteiger partial charge in [-0.1, -0.05) is 48.5 Å². The molecule has 3 amide bonds. The largest absolute Gasteiger partial charge is 0.330 e. The van der Waals surface area contributed by atoms with Crippen molar-refractivity contribution in [3.63, 3.8) is 0 Å². The summed E-state index contributed by atoms with van der Waals surface area (Å²) in [6.45, 7) is 5.66. The summed E-state index contributed by atoms with van der Waals surface area (Å²) < 4.78 is 0. The Kier molecular flexibility index (Phi) is 6.33. The van der Waals surface area contributed by atoms with Gasteiger partial charge in [0.05, 0.1) is 24.7 Å². The Morgan fingerprint density at radius 1 is 1.06 bits per heavy atom. The van der Waals surface area contributed by atoms with Gasteiger partial charge in [0.25, 0.3) is 5.91 Å². The van der Waals surface area contributed by atoms with Gasteiger partial charge in [-0.2, -0.15) is 0 Å². The number of hydrogen-bond acceptors (Lipinski definition) is 4. The van der Waals surface area contributed by atoms with Crippen molar-refractivity contribution >= 4 is 17.8 Å². The molecule has 0 spiro atoms. The molecule has 2 aromatic rings. The minimum atomic E-state index is -0.499. The molecule has 0 saturated carbocycles. The zero-order valence-corrected chi connectivity index (χ0v) is 19.6. The zero-order valence-electron chi connectivity index (χ0n) is 19.6. The van der Waals surface area contributed by atoms with Gasteiger partial charge in [-0.05, 0) is 51.2 Å². The van der Waals surface area contributed by atoms with E-state index in [9.17, 15) is 9.59 Å². The van der Waals surface area contributed by atoms with Gasteiger partial charge >= 0.3 is 6.03 Å². The van der Waals surface area contributed by atoms with E-state index >= 15 is 0 Å². The molecule has 2 heterocycles. The number of nitrogens with one attached hydrogen (secondary N) is 2. The average molecular weight is 446 g/mol. The number of urea groups is 1. The molecular weight excluding hydrogens is 414 g/mol. The van der Waals surface area contributed by atoms with Crippen LogP contribution in [0, 0.1) is 0 Å². The predicted octanol–water partition coefficient (Wildman–Crippen LogP) is 3.23. The van der Waals surface area contributed by atoms with Gasteiger partial charge < -0.3 is 20.4 Å². The second-order valence-corrected chi connectivity index (χ2v) is 9.26. The first kappa shape index (κ1) is 22.7. The van der Waals surface area contributed by atoms with Crippen LogP contribution in [0.4, 0.5) is 4.79 Å². The molecule has 0 bridgehead atoms. The fraction of sp³-hybridized carbons (Fsp3) is 0.346. The summed E-state index contributed by atoms with van der Waals surface area (Å²) in [5.41, 5.74) is 3.15. The molecule has 1 atom stereocenters. The molecule has 2 aromatic carbocycles. The monoisotopic (exact) mass is 445 g/mol. The number of rotatable bonds is 5. The van der Waals surface area contributed by atoms with Crippen LogP contribution < -0.4 is 10.6 Å². The van der Waals surface area contributed by atoms with E-state index in [1.165, 1.54) is 0 Å². The summed E-state index contributed by atoms with van der Waals surface area (Å²) in [5, 5.41) is 6.17. The van der Waals surface area contributed by atoms with Crippen molar-refractivity contribution in [3.8, 4) is 0 Å². The molecule has 7 heteroatoms. The summed E-state index contributed by atoms with van der Waals surface area (Å²) in [7, 11) is 3.99. The van der Waals surface area contributed by atoms with Crippen molar-refractivity contribution in [1.29, 1.82) is 0 Å². The lowest BCUT2D eigenvalue weighted by molar-refractivity contribution is 0.0977. The second kappa shape index (κ2) is 9.19. The van der Waals surface area contributed by atoms with Crippen LogP contribution in [0.2, 0.25) is 0 Å². The Bertz CT molecular complexity index is 1090. The molecular formula is C26H31N5O2. The summed E-state index contributed by atoms with van der Waals surface area (Å²) in [6.07, 6.45) is 0. The van der Waals surface area contributed by atoms with E-state index in [1.54, 1.807) is 12.1 Å². The molecule has 2 aliphatic rings. The second-order valence-electron chi connectivity index (χ2n) is 9.26. The standard InChI is InChI=1S/C26H31N5O2/c1-26(2)21-15-27-23(29-24(32)19-13-9-6-10-14-19)20(21)16-31(26)25(33)28-22(17-30(3)4)18-11-7-5-8-12-18/h5-14,22H,15-17H2,1-4H3,(H,28,33)(H,27,29,32)/t22-/m1/s1. The van der Waals surface area contributed by atoms with Crippen molar-refractivity contribution in [3.05, 3.63) is 82.9 Å². The zero-order chi connectivity index (χ0) is 23.6. The third-order valence-electron chi connectivity index (χ3n) is 6.34. The molecule has 172 valence electrons. The number of amidine groups is 1. The number of carbonyl (C=O) groups is 2. The molecule has 0 unspecified atom stereocenters. The van der Waals surface area contributed by atoms with E-state index in [0.29, 0.717) is 31.0 Å². The highest BCUT2D eigenvalue weighted by molar-refractivity contribution is 6.14. The number of aliphatic imine (C=N–C) groups is 1. The van der Waals surface area contributed by atoms with Crippen LogP contribution in [0.15, 0.2) is 76.8 Å². The summed E-state index contributed by atoms with van der Waals surface area (Å²) in [4.78, 5) is 34.6. The van der Waals surface area contributed by atoms with Gasteiger partial charge in [0.1, 0.15) is 5.84 Å². The Balaban J connectivity index is 1.49. The molecule has 0 saturated heterocycles. The first-order valence-corrected chi connectivity index (χ1v) is 11.2. The van der Waals surface area contributed by atoms with Gasteiger partial charge in [0.2, 0.25) is 0 Å². The minimum Gasteiger partial charge on any atom is -0.330 e. The smallest absolute Gasteiger partial charge is 0.318 e. The fourth-order valence-corrected chi connectivity index (χ4v) is 4.47. The molecule has 0 radical (unpaired) electrons. The minimum absolute atomic E-state index is 0.126. The van der Waals surface area contributed by atoms with Gasteiger partial charge in [-0.25, -0.2) is 4.79 Å². The highest BCUT2D eigenvalue weighted by atomic mass is 16.2. The summed E-state index contributed by atoms with van der Waals surface area (Å²) >= 11 is 0. The molecule has 2 N–H and O–H groups in total. The third kappa shape index (κ3) is 4.68. The molecule has 0 aliphatic carbocycles. The molecule has 7 nitrogen and oxygen atoms in total. The number of benzene rings is 2. The Morgan fingerprint density at radius 2 is 1.70 bits per heavy atom. The molecule has 0 fully saturated rings. The quantitative estimate of drug-likeness (QED) is 0.742. The van der Waals surface area contributed by atoms with Gasteiger partial charge in [-0.15, -0.1) is 0 Å². The van der Waals surface area contributed by atoms with Crippen LogP contribution in [0.3, 0.4) is 0 Å². The SMILES string of the molecule is CN(C)C[C@@H](NC(=O)N1CC2=C(CN=C2NC(=O)c2ccccc2)C1(C)C)c1ccccc1. The lowest BCUT2D eigenvalue weighted by atomic mass is 9.94.